The molecule has 2 heterocycles. The third kappa shape index (κ3) is 5.33. The highest BCUT2D eigenvalue weighted by Gasteiger charge is 2.27. The zero-order chi connectivity index (χ0) is 24.1. The maximum Gasteiger partial charge on any atom is 0.272 e. The monoisotopic (exact) mass is 459 g/mol. The van der Waals surface area contributed by atoms with E-state index in [-0.39, 0.29) is 23.6 Å². The van der Waals surface area contributed by atoms with Crippen LogP contribution >= 0.6 is 0 Å². The van der Waals surface area contributed by atoms with Gasteiger partial charge in [0.1, 0.15) is 11.7 Å². The molecule has 0 aliphatic carbocycles. The second-order valence-corrected chi connectivity index (χ2v) is 8.54. The van der Waals surface area contributed by atoms with Gasteiger partial charge in [-0.25, -0.2) is 0 Å². The SMILES string of the molecule is CC(NC(=O)c1cc2n(n1)CCCN(Cc1ccccc1)C2=O)C(=O)NC(C)c1ccccc1. The van der Waals surface area contributed by atoms with Gasteiger partial charge in [-0.15, -0.1) is 0 Å². The number of hydrogen-bond donors (Lipinski definition) is 2. The van der Waals surface area contributed by atoms with Crippen molar-refractivity contribution in [2.45, 2.75) is 45.4 Å². The van der Waals surface area contributed by atoms with Crippen molar-refractivity contribution in [1.29, 1.82) is 0 Å². The van der Waals surface area contributed by atoms with Gasteiger partial charge in [-0.1, -0.05) is 60.7 Å². The van der Waals surface area contributed by atoms with E-state index >= 15 is 0 Å². The van der Waals surface area contributed by atoms with E-state index in [1.165, 1.54) is 6.07 Å². The van der Waals surface area contributed by atoms with Crippen LogP contribution in [-0.4, -0.2) is 45.0 Å². The third-order valence-electron chi connectivity index (χ3n) is 5.93. The van der Waals surface area contributed by atoms with Gasteiger partial charge in [-0.2, -0.15) is 5.10 Å². The number of hydrogen-bond acceptors (Lipinski definition) is 4. The third-order valence-corrected chi connectivity index (χ3v) is 5.93. The maximum absolute atomic E-state index is 13.1. The van der Waals surface area contributed by atoms with Crippen LogP contribution in [0.4, 0.5) is 0 Å². The molecule has 2 aromatic carbocycles. The summed E-state index contributed by atoms with van der Waals surface area (Å²) in [6.45, 7) is 5.18. The van der Waals surface area contributed by atoms with Crippen LogP contribution in [0.15, 0.2) is 66.7 Å². The Hall–Kier alpha value is -3.94. The molecule has 3 aromatic rings. The van der Waals surface area contributed by atoms with E-state index in [1.54, 1.807) is 16.5 Å². The first kappa shape index (κ1) is 23.2. The average Bonchev–Trinajstić information content (AvgIpc) is 3.22. The van der Waals surface area contributed by atoms with E-state index in [2.05, 4.69) is 15.7 Å². The minimum Gasteiger partial charge on any atom is -0.348 e. The molecule has 0 saturated carbocycles. The van der Waals surface area contributed by atoms with Crippen molar-refractivity contribution in [3.05, 3.63) is 89.2 Å². The van der Waals surface area contributed by atoms with Crippen LogP contribution in [0.25, 0.3) is 0 Å². The average molecular weight is 460 g/mol. The molecule has 3 amide bonds. The van der Waals surface area contributed by atoms with E-state index in [9.17, 15) is 14.4 Å². The quantitative estimate of drug-likeness (QED) is 0.568. The Morgan fingerprint density at radius 2 is 1.65 bits per heavy atom. The van der Waals surface area contributed by atoms with E-state index in [0.717, 1.165) is 17.5 Å². The number of carbonyl (C=O) groups excluding carboxylic acids is 3. The molecule has 34 heavy (non-hydrogen) atoms. The normalized spacial score (nSPS) is 15.1. The Morgan fingerprint density at radius 1 is 0.971 bits per heavy atom. The summed E-state index contributed by atoms with van der Waals surface area (Å²) >= 11 is 0. The lowest BCUT2D eigenvalue weighted by molar-refractivity contribution is -0.123. The van der Waals surface area contributed by atoms with Gasteiger partial charge < -0.3 is 15.5 Å². The van der Waals surface area contributed by atoms with Crippen molar-refractivity contribution in [3.63, 3.8) is 0 Å². The molecule has 1 aliphatic heterocycles. The van der Waals surface area contributed by atoms with Crippen LogP contribution in [0.5, 0.6) is 0 Å². The Morgan fingerprint density at radius 3 is 2.35 bits per heavy atom. The van der Waals surface area contributed by atoms with Crippen LogP contribution in [0.3, 0.4) is 0 Å². The van der Waals surface area contributed by atoms with E-state index in [0.29, 0.717) is 25.3 Å². The fourth-order valence-corrected chi connectivity index (χ4v) is 4.00. The minimum atomic E-state index is -0.759. The number of benzene rings is 2. The molecule has 8 nitrogen and oxygen atoms in total. The Labute approximate surface area is 199 Å². The molecule has 0 fully saturated rings. The van der Waals surface area contributed by atoms with Gasteiger partial charge in [0, 0.05) is 25.7 Å². The molecule has 0 radical (unpaired) electrons. The lowest BCUT2D eigenvalue weighted by Gasteiger charge is -2.20. The van der Waals surface area contributed by atoms with Crippen molar-refractivity contribution in [1.82, 2.24) is 25.3 Å². The summed E-state index contributed by atoms with van der Waals surface area (Å²) in [5.41, 5.74) is 2.53. The predicted molar refractivity (Wildman–Crippen MR) is 128 cm³/mol. The molecule has 2 atom stereocenters. The molecule has 176 valence electrons. The number of amides is 3. The van der Waals surface area contributed by atoms with E-state index in [1.807, 2.05) is 67.6 Å². The Balaban J connectivity index is 1.40. The number of rotatable bonds is 7. The second kappa shape index (κ2) is 10.3. The van der Waals surface area contributed by atoms with Gasteiger partial charge in [-0.3, -0.25) is 19.1 Å². The molecule has 0 spiro atoms. The summed E-state index contributed by atoms with van der Waals surface area (Å²) in [6, 6.07) is 20.0. The molecule has 1 aromatic heterocycles. The van der Waals surface area contributed by atoms with Crippen molar-refractivity contribution in [2.24, 2.45) is 0 Å². The number of nitrogens with zero attached hydrogens (tertiary/aromatic N) is 3. The molecule has 0 saturated heterocycles. The fourth-order valence-electron chi connectivity index (χ4n) is 4.00. The summed E-state index contributed by atoms with van der Waals surface area (Å²) < 4.78 is 1.59. The first-order valence-electron chi connectivity index (χ1n) is 11.5. The van der Waals surface area contributed by atoms with E-state index in [4.69, 9.17) is 0 Å². The molecule has 2 N–H and O–H groups in total. The lowest BCUT2D eigenvalue weighted by Crippen LogP contribution is -2.45. The topological polar surface area (TPSA) is 96.3 Å². The maximum atomic E-state index is 13.1. The molecule has 4 rings (SSSR count). The Bertz CT molecular complexity index is 1160. The molecule has 2 unspecified atom stereocenters. The molecule has 8 heteroatoms. The lowest BCUT2D eigenvalue weighted by atomic mass is 10.1. The number of carbonyl (C=O) groups is 3. The van der Waals surface area contributed by atoms with E-state index < -0.39 is 11.9 Å². The van der Waals surface area contributed by atoms with Gasteiger partial charge in [-0.05, 0) is 31.4 Å². The van der Waals surface area contributed by atoms with Crippen molar-refractivity contribution >= 4 is 17.7 Å². The fraction of sp³-hybridized carbons (Fsp3) is 0.308. The smallest absolute Gasteiger partial charge is 0.272 e. The number of nitrogens with one attached hydrogen (secondary N) is 2. The molecule has 1 aliphatic rings. The second-order valence-electron chi connectivity index (χ2n) is 8.54. The van der Waals surface area contributed by atoms with Crippen LogP contribution in [0, 0.1) is 0 Å². The summed E-state index contributed by atoms with van der Waals surface area (Å²) in [5, 5.41) is 9.95. The standard InChI is InChI=1S/C26H29N5O3/c1-18(21-12-7-4-8-13-21)27-24(32)19(2)28-25(33)22-16-23-26(34)30(14-9-15-31(23)29-22)17-20-10-5-3-6-11-20/h3-8,10-13,16,18-19H,9,14-15,17H2,1-2H3,(H,27,32)(H,28,33). The first-order valence-corrected chi connectivity index (χ1v) is 11.5. The highest BCUT2D eigenvalue weighted by molar-refractivity contribution is 5.99. The van der Waals surface area contributed by atoms with Crippen molar-refractivity contribution in [3.8, 4) is 0 Å². The molecular formula is C26H29N5O3. The van der Waals surface area contributed by atoms with Crippen LogP contribution < -0.4 is 10.6 Å². The van der Waals surface area contributed by atoms with Gasteiger partial charge >= 0.3 is 0 Å². The Kier molecular flexibility index (Phi) is 7.06. The van der Waals surface area contributed by atoms with Crippen LogP contribution in [0.1, 0.15) is 58.4 Å². The summed E-state index contributed by atoms with van der Waals surface area (Å²) in [6.07, 6.45) is 0.741. The predicted octanol–water partition coefficient (Wildman–Crippen LogP) is 2.92. The molecular weight excluding hydrogens is 430 g/mol. The van der Waals surface area contributed by atoms with Gasteiger partial charge in [0.15, 0.2) is 5.69 Å². The minimum absolute atomic E-state index is 0.126. The van der Waals surface area contributed by atoms with Gasteiger partial charge in [0.05, 0.1) is 6.04 Å². The first-order chi connectivity index (χ1) is 16.4. The van der Waals surface area contributed by atoms with Gasteiger partial charge in [0.2, 0.25) is 5.91 Å². The zero-order valence-corrected chi connectivity index (χ0v) is 19.4. The van der Waals surface area contributed by atoms with Crippen molar-refractivity contribution < 1.29 is 14.4 Å². The molecule has 0 bridgehead atoms. The summed E-state index contributed by atoms with van der Waals surface area (Å²) in [7, 11) is 0. The summed E-state index contributed by atoms with van der Waals surface area (Å²) in [4.78, 5) is 40.3. The number of aryl methyl sites for hydroxylation is 1. The highest BCUT2D eigenvalue weighted by Crippen LogP contribution is 2.17. The van der Waals surface area contributed by atoms with Crippen LogP contribution in [0.2, 0.25) is 0 Å². The summed E-state index contributed by atoms with van der Waals surface area (Å²) in [5.74, 6) is -0.941. The number of aromatic nitrogens is 2. The van der Waals surface area contributed by atoms with Crippen LogP contribution in [-0.2, 0) is 17.9 Å². The number of fused-ring (bicyclic) bond motifs is 1. The zero-order valence-electron chi connectivity index (χ0n) is 19.4. The highest BCUT2D eigenvalue weighted by atomic mass is 16.2. The van der Waals surface area contributed by atoms with Gasteiger partial charge in [0.25, 0.3) is 11.8 Å². The largest absolute Gasteiger partial charge is 0.348 e. The van der Waals surface area contributed by atoms with Crippen molar-refractivity contribution in [2.75, 3.05) is 6.54 Å².